The summed E-state index contributed by atoms with van der Waals surface area (Å²) in [5.41, 5.74) is 2.93. The predicted molar refractivity (Wildman–Crippen MR) is 71.0 cm³/mol. The molecule has 2 rings (SSSR count). The zero-order valence-electron chi connectivity index (χ0n) is 10.8. The minimum absolute atomic E-state index is 0.158. The first kappa shape index (κ1) is 12.6. The Morgan fingerprint density at radius 2 is 2.18 bits per heavy atom. The molecule has 1 aliphatic rings. The molecule has 0 spiro atoms. The highest BCUT2D eigenvalue weighted by Gasteiger charge is 2.28. The standard InChI is InChI=1S/C15H23NO/c1-3-13(17)8-9-16-15-11(2)10-12-6-4-5-7-14(12)15/h4-7,11,13,15-17H,3,8-10H2,1-2H3. The number of aliphatic hydroxyl groups is 1. The Hall–Kier alpha value is -0.860. The quantitative estimate of drug-likeness (QED) is 0.819. The average molecular weight is 233 g/mol. The first-order valence-electron chi connectivity index (χ1n) is 6.71. The van der Waals surface area contributed by atoms with Crippen LogP contribution in [0.3, 0.4) is 0 Å². The SMILES string of the molecule is CCC(O)CCNC1c2ccccc2CC1C. The third-order valence-electron chi connectivity index (χ3n) is 3.81. The van der Waals surface area contributed by atoms with E-state index in [0.29, 0.717) is 12.0 Å². The van der Waals surface area contributed by atoms with Gasteiger partial charge in [0.1, 0.15) is 0 Å². The first-order chi connectivity index (χ1) is 8.22. The fourth-order valence-electron chi connectivity index (χ4n) is 2.72. The van der Waals surface area contributed by atoms with Crippen molar-refractivity contribution in [3.63, 3.8) is 0 Å². The number of aliphatic hydroxyl groups excluding tert-OH is 1. The fourth-order valence-corrected chi connectivity index (χ4v) is 2.72. The Labute approximate surface area is 104 Å². The Morgan fingerprint density at radius 3 is 2.94 bits per heavy atom. The summed E-state index contributed by atoms with van der Waals surface area (Å²) in [5.74, 6) is 0.658. The van der Waals surface area contributed by atoms with Gasteiger partial charge in [0.25, 0.3) is 0 Å². The molecule has 1 aliphatic carbocycles. The molecule has 1 aromatic rings. The van der Waals surface area contributed by atoms with Crippen molar-refractivity contribution in [3.8, 4) is 0 Å². The molecule has 2 nitrogen and oxygen atoms in total. The molecule has 0 radical (unpaired) electrons. The van der Waals surface area contributed by atoms with Crippen molar-refractivity contribution in [2.24, 2.45) is 5.92 Å². The molecule has 2 N–H and O–H groups in total. The molecule has 0 amide bonds. The van der Waals surface area contributed by atoms with E-state index in [4.69, 9.17) is 0 Å². The molecule has 17 heavy (non-hydrogen) atoms. The summed E-state index contributed by atoms with van der Waals surface area (Å²) < 4.78 is 0. The largest absolute Gasteiger partial charge is 0.393 e. The van der Waals surface area contributed by atoms with Crippen LogP contribution in [0.5, 0.6) is 0 Å². The van der Waals surface area contributed by atoms with Gasteiger partial charge in [-0.05, 0) is 42.9 Å². The van der Waals surface area contributed by atoms with Crippen LogP contribution in [0.15, 0.2) is 24.3 Å². The van der Waals surface area contributed by atoms with Crippen LogP contribution in [0.1, 0.15) is 43.9 Å². The zero-order valence-corrected chi connectivity index (χ0v) is 10.8. The maximum Gasteiger partial charge on any atom is 0.0549 e. The van der Waals surface area contributed by atoms with Crippen molar-refractivity contribution in [2.45, 2.75) is 45.3 Å². The summed E-state index contributed by atoms with van der Waals surface area (Å²) in [6.45, 7) is 5.23. The fraction of sp³-hybridized carbons (Fsp3) is 0.600. The summed E-state index contributed by atoms with van der Waals surface area (Å²) in [6, 6.07) is 9.16. The van der Waals surface area contributed by atoms with Gasteiger partial charge in [0.15, 0.2) is 0 Å². The van der Waals surface area contributed by atoms with Crippen molar-refractivity contribution in [1.29, 1.82) is 0 Å². The molecule has 3 unspecified atom stereocenters. The minimum atomic E-state index is -0.158. The lowest BCUT2D eigenvalue weighted by atomic mass is 10.0. The molecule has 0 heterocycles. The van der Waals surface area contributed by atoms with Crippen LogP contribution < -0.4 is 5.32 Å². The normalized spacial score (nSPS) is 24.6. The second kappa shape index (κ2) is 5.65. The Balaban J connectivity index is 1.93. The van der Waals surface area contributed by atoms with Crippen molar-refractivity contribution in [3.05, 3.63) is 35.4 Å². The van der Waals surface area contributed by atoms with Gasteiger partial charge in [-0.3, -0.25) is 0 Å². The van der Waals surface area contributed by atoms with Crippen LogP contribution in [0.2, 0.25) is 0 Å². The molecule has 1 aromatic carbocycles. The van der Waals surface area contributed by atoms with Crippen LogP contribution in [0.4, 0.5) is 0 Å². The van der Waals surface area contributed by atoms with Crippen molar-refractivity contribution < 1.29 is 5.11 Å². The molecule has 0 saturated heterocycles. The number of hydrogen-bond acceptors (Lipinski definition) is 2. The average Bonchev–Trinajstić information content (AvgIpc) is 2.66. The maximum atomic E-state index is 9.55. The van der Waals surface area contributed by atoms with E-state index in [2.05, 4.69) is 36.5 Å². The summed E-state index contributed by atoms with van der Waals surface area (Å²) in [7, 11) is 0. The molecule has 94 valence electrons. The first-order valence-corrected chi connectivity index (χ1v) is 6.71. The maximum absolute atomic E-state index is 9.55. The van der Waals surface area contributed by atoms with Gasteiger partial charge in [-0.25, -0.2) is 0 Å². The van der Waals surface area contributed by atoms with Crippen LogP contribution in [0.25, 0.3) is 0 Å². The van der Waals surface area contributed by atoms with Crippen LogP contribution in [0, 0.1) is 5.92 Å². The molecule has 0 saturated carbocycles. The van der Waals surface area contributed by atoms with Gasteiger partial charge in [0.2, 0.25) is 0 Å². The van der Waals surface area contributed by atoms with Crippen molar-refractivity contribution in [1.82, 2.24) is 5.32 Å². The highest BCUT2D eigenvalue weighted by atomic mass is 16.3. The van der Waals surface area contributed by atoms with Gasteiger partial charge in [-0.1, -0.05) is 38.1 Å². The minimum Gasteiger partial charge on any atom is -0.393 e. The van der Waals surface area contributed by atoms with Gasteiger partial charge in [-0.15, -0.1) is 0 Å². The van der Waals surface area contributed by atoms with E-state index in [9.17, 15) is 5.11 Å². The number of hydrogen-bond donors (Lipinski definition) is 2. The third kappa shape index (κ3) is 2.88. The van der Waals surface area contributed by atoms with Crippen LogP contribution in [-0.4, -0.2) is 17.8 Å². The molecule has 0 fully saturated rings. The van der Waals surface area contributed by atoms with Gasteiger partial charge in [-0.2, -0.15) is 0 Å². The van der Waals surface area contributed by atoms with Gasteiger partial charge >= 0.3 is 0 Å². The Morgan fingerprint density at radius 1 is 1.41 bits per heavy atom. The van der Waals surface area contributed by atoms with E-state index in [1.165, 1.54) is 17.5 Å². The molecule has 0 bridgehead atoms. The molecule has 3 atom stereocenters. The lowest BCUT2D eigenvalue weighted by Crippen LogP contribution is -2.27. The monoisotopic (exact) mass is 233 g/mol. The summed E-state index contributed by atoms with van der Waals surface area (Å²) in [6.07, 6.45) is 2.71. The topological polar surface area (TPSA) is 32.3 Å². The predicted octanol–water partition coefficient (Wildman–Crippen LogP) is 2.67. The van der Waals surface area contributed by atoms with E-state index in [0.717, 1.165) is 19.4 Å². The summed E-state index contributed by atoms with van der Waals surface area (Å²) >= 11 is 0. The van der Waals surface area contributed by atoms with Gasteiger partial charge in [0, 0.05) is 6.04 Å². The van der Waals surface area contributed by atoms with Crippen LogP contribution in [-0.2, 0) is 6.42 Å². The summed E-state index contributed by atoms with van der Waals surface area (Å²) in [4.78, 5) is 0. The van der Waals surface area contributed by atoms with Gasteiger partial charge < -0.3 is 10.4 Å². The number of fused-ring (bicyclic) bond motifs is 1. The third-order valence-corrected chi connectivity index (χ3v) is 3.81. The molecule has 2 heteroatoms. The molecule has 0 aliphatic heterocycles. The Kier molecular flexibility index (Phi) is 4.19. The smallest absolute Gasteiger partial charge is 0.0549 e. The lowest BCUT2D eigenvalue weighted by molar-refractivity contribution is 0.157. The lowest BCUT2D eigenvalue weighted by Gasteiger charge is -2.19. The van der Waals surface area contributed by atoms with E-state index in [1.54, 1.807) is 0 Å². The highest BCUT2D eigenvalue weighted by Crippen LogP contribution is 2.35. The van der Waals surface area contributed by atoms with E-state index < -0.39 is 0 Å². The molecular weight excluding hydrogens is 210 g/mol. The van der Waals surface area contributed by atoms with Crippen LogP contribution >= 0.6 is 0 Å². The number of rotatable bonds is 5. The zero-order chi connectivity index (χ0) is 12.3. The second-order valence-electron chi connectivity index (χ2n) is 5.16. The van der Waals surface area contributed by atoms with Crippen molar-refractivity contribution in [2.75, 3.05) is 6.54 Å². The highest BCUT2D eigenvalue weighted by molar-refractivity contribution is 5.35. The molecule has 0 aromatic heterocycles. The van der Waals surface area contributed by atoms with Gasteiger partial charge in [0.05, 0.1) is 6.10 Å². The van der Waals surface area contributed by atoms with E-state index in [-0.39, 0.29) is 6.10 Å². The molecular formula is C15H23NO. The number of nitrogens with one attached hydrogen (secondary N) is 1. The summed E-state index contributed by atoms with van der Waals surface area (Å²) in [5, 5.41) is 13.1. The number of benzene rings is 1. The Bertz CT molecular complexity index is 364. The second-order valence-corrected chi connectivity index (χ2v) is 5.16. The van der Waals surface area contributed by atoms with E-state index >= 15 is 0 Å². The van der Waals surface area contributed by atoms with E-state index in [1.807, 2.05) is 6.92 Å². The van der Waals surface area contributed by atoms with Crippen molar-refractivity contribution >= 4 is 0 Å².